The number of piperazine rings is 1. The molecule has 0 aliphatic carbocycles. The maximum atomic E-state index is 12.4. The fourth-order valence-corrected chi connectivity index (χ4v) is 2.05. The molecule has 20 heavy (non-hydrogen) atoms. The summed E-state index contributed by atoms with van der Waals surface area (Å²) >= 11 is 0. The predicted molar refractivity (Wildman–Crippen MR) is 71.1 cm³/mol. The Hall–Kier alpha value is -2.02. The number of esters is 1. The van der Waals surface area contributed by atoms with Gasteiger partial charge in [0.1, 0.15) is 11.7 Å². The molecule has 1 aromatic heterocycles. The van der Waals surface area contributed by atoms with E-state index in [-0.39, 0.29) is 11.6 Å². The van der Waals surface area contributed by atoms with Crippen molar-refractivity contribution in [3.05, 3.63) is 23.8 Å². The lowest BCUT2D eigenvalue weighted by Crippen LogP contribution is -2.57. The summed E-state index contributed by atoms with van der Waals surface area (Å²) in [6.07, 6.45) is 2.97. The van der Waals surface area contributed by atoms with Gasteiger partial charge in [-0.3, -0.25) is 9.78 Å². The molecular formula is C13H18N4O3. The van der Waals surface area contributed by atoms with Gasteiger partial charge in [0.05, 0.1) is 18.5 Å². The van der Waals surface area contributed by atoms with Gasteiger partial charge in [-0.05, 0) is 13.8 Å². The number of ether oxygens (including phenoxy) is 1. The Bertz CT molecular complexity index is 489. The Morgan fingerprint density at radius 3 is 2.90 bits per heavy atom. The number of nitrogens with zero attached hydrogens (tertiary/aromatic N) is 3. The number of carbonyl (C=O) groups excluding carboxylic acids is 2. The van der Waals surface area contributed by atoms with Crippen LogP contribution in [0, 0.1) is 6.92 Å². The monoisotopic (exact) mass is 278 g/mol. The maximum Gasteiger partial charge on any atom is 0.330 e. The molecule has 7 heteroatoms. The summed E-state index contributed by atoms with van der Waals surface area (Å²) in [4.78, 5) is 33.9. The Labute approximate surface area is 117 Å². The van der Waals surface area contributed by atoms with Gasteiger partial charge in [-0.15, -0.1) is 0 Å². The third-order valence-corrected chi connectivity index (χ3v) is 3.06. The minimum absolute atomic E-state index is 0.242. The van der Waals surface area contributed by atoms with E-state index in [4.69, 9.17) is 4.74 Å². The van der Waals surface area contributed by atoms with Crippen molar-refractivity contribution >= 4 is 11.9 Å². The van der Waals surface area contributed by atoms with Gasteiger partial charge in [-0.2, -0.15) is 0 Å². The van der Waals surface area contributed by atoms with Crippen LogP contribution in [0.1, 0.15) is 23.1 Å². The first kappa shape index (κ1) is 14.4. The second-order valence-corrected chi connectivity index (χ2v) is 4.51. The van der Waals surface area contributed by atoms with Crippen molar-refractivity contribution in [2.75, 3.05) is 26.2 Å². The molecule has 0 radical (unpaired) electrons. The minimum Gasteiger partial charge on any atom is -0.464 e. The third-order valence-electron chi connectivity index (χ3n) is 3.06. The molecule has 0 bridgehead atoms. The van der Waals surface area contributed by atoms with Gasteiger partial charge in [0.25, 0.3) is 5.91 Å². The Kier molecular flexibility index (Phi) is 4.62. The van der Waals surface area contributed by atoms with E-state index in [2.05, 4.69) is 15.3 Å². The molecule has 108 valence electrons. The zero-order chi connectivity index (χ0) is 14.5. The van der Waals surface area contributed by atoms with Crippen LogP contribution < -0.4 is 5.32 Å². The average Bonchev–Trinajstić information content (AvgIpc) is 2.47. The Morgan fingerprint density at radius 1 is 1.45 bits per heavy atom. The Morgan fingerprint density at radius 2 is 2.25 bits per heavy atom. The van der Waals surface area contributed by atoms with Crippen LogP contribution in [-0.2, 0) is 9.53 Å². The third kappa shape index (κ3) is 3.11. The molecule has 2 heterocycles. The number of rotatable bonds is 3. The highest BCUT2D eigenvalue weighted by Gasteiger charge is 2.34. The SMILES string of the molecule is CCOC(=O)C1CNCCN1C(=O)c1cnc(C)cn1. The van der Waals surface area contributed by atoms with Crippen LogP contribution in [-0.4, -0.2) is 59.0 Å². The van der Waals surface area contributed by atoms with Crippen molar-refractivity contribution in [2.24, 2.45) is 0 Å². The predicted octanol–water partition coefficient (Wildman–Crippen LogP) is -0.238. The first-order chi connectivity index (χ1) is 9.63. The molecule has 1 aliphatic rings. The first-order valence-corrected chi connectivity index (χ1v) is 6.60. The van der Waals surface area contributed by atoms with Crippen LogP contribution in [0.3, 0.4) is 0 Å². The lowest BCUT2D eigenvalue weighted by atomic mass is 10.1. The molecule has 1 fully saturated rings. The van der Waals surface area contributed by atoms with Gasteiger partial charge in [0, 0.05) is 25.8 Å². The summed E-state index contributed by atoms with van der Waals surface area (Å²) in [6.45, 7) is 5.31. The van der Waals surface area contributed by atoms with E-state index in [1.165, 1.54) is 17.3 Å². The summed E-state index contributed by atoms with van der Waals surface area (Å²) in [5.74, 6) is -0.690. The van der Waals surface area contributed by atoms with Gasteiger partial charge in [-0.25, -0.2) is 9.78 Å². The fourth-order valence-electron chi connectivity index (χ4n) is 2.05. The number of hydrogen-bond donors (Lipinski definition) is 1. The van der Waals surface area contributed by atoms with Gasteiger partial charge in [0.15, 0.2) is 0 Å². The normalized spacial score (nSPS) is 18.7. The highest BCUT2D eigenvalue weighted by Crippen LogP contribution is 2.10. The average molecular weight is 278 g/mol. The zero-order valence-corrected chi connectivity index (χ0v) is 11.6. The number of aromatic nitrogens is 2. The van der Waals surface area contributed by atoms with Gasteiger partial charge >= 0.3 is 5.97 Å². The van der Waals surface area contributed by atoms with E-state index in [1.807, 2.05) is 0 Å². The highest BCUT2D eigenvalue weighted by atomic mass is 16.5. The van der Waals surface area contributed by atoms with Crippen molar-refractivity contribution < 1.29 is 14.3 Å². The summed E-state index contributed by atoms with van der Waals surface area (Å²) in [5.41, 5.74) is 0.982. The van der Waals surface area contributed by atoms with Crippen LogP contribution in [0.4, 0.5) is 0 Å². The lowest BCUT2D eigenvalue weighted by Gasteiger charge is -2.34. The lowest BCUT2D eigenvalue weighted by molar-refractivity contribution is -0.149. The summed E-state index contributed by atoms with van der Waals surface area (Å²) in [6, 6.07) is -0.612. The summed E-state index contributed by atoms with van der Waals surface area (Å²) < 4.78 is 5.01. The van der Waals surface area contributed by atoms with Crippen LogP contribution in [0.5, 0.6) is 0 Å². The Balaban J connectivity index is 2.16. The molecule has 1 amide bonds. The highest BCUT2D eigenvalue weighted by molar-refractivity contribution is 5.95. The molecule has 2 rings (SSSR count). The van der Waals surface area contributed by atoms with Gasteiger partial charge in [-0.1, -0.05) is 0 Å². The van der Waals surface area contributed by atoms with Crippen molar-refractivity contribution in [1.29, 1.82) is 0 Å². The summed E-state index contributed by atoms with van der Waals surface area (Å²) in [7, 11) is 0. The van der Waals surface area contributed by atoms with Crippen molar-refractivity contribution in [1.82, 2.24) is 20.2 Å². The van der Waals surface area contributed by atoms with Crippen LogP contribution in [0.2, 0.25) is 0 Å². The molecule has 0 saturated carbocycles. The maximum absolute atomic E-state index is 12.4. The topological polar surface area (TPSA) is 84.4 Å². The number of aryl methyl sites for hydroxylation is 1. The molecular weight excluding hydrogens is 260 g/mol. The zero-order valence-electron chi connectivity index (χ0n) is 11.6. The van der Waals surface area contributed by atoms with Gasteiger partial charge in [0.2, 0.25) is 0 Å². The van der Waals surface area contributed by atoms with Crippen molar-refractivity contribution in [2.45, 2.75) is 19.9 Å². The molecule has 1 atom stereocenters. The van der Waals surface area contributed by atoms with E-state index in [1.54, 1.807) is 13.8 Å². The minimum atomic E-state index is -0.612. The summed E-state index contributed by atoms with van der Waals surface area (Å²) in [5, 5.41) is 3.09. The number of hydrogen-bond acceptors (Lipinski definition) is 6. The second-order valence-electron chi connectivity index (χ2n) is 4.51. The van der Waals surface area contributed by atoms with Crippen LogP contribution in [0.15, 0.2) is 12.4 Å². The quantitative estimate of drug-likeness (QED) is 0.768. The molecule has 1 aliphatic heterocycles. The molecule has 1 unspecified atom stereocenters. The van der Waals surface area contributed by atoms with Crippen LogP contribution in [0.25, 0.3) is 0 Å². The van der Waals surface area contributed by atoms with E-state index in [9.17, 15) is 9.59 Å². The van der Waals surface area contributed by atoms with Crippen molar-refractivity contribution in [3.63, 3.8) is 0 Å². The van der Waals surface area contributed by atoms with E-state index in [0.29, 0.717) is 26.2 Å². The van der Waals surface area contributed by atoms with E-state index < -0.39 is 12.0 Å². The largest absolute Gasteiger partial charge is 0.464 e. The first-order valence-electron chi connectivity index (χ1n) is 6.60. The molecule has 7 nitrogen and oxygen atoms in total. The molecule has 1 aromatic rings. The van der Waals surface area contributed by atoms with E-state index >= 15 is 0 Å². The standard InChI is InChI=1S/C13H18N4O3/c1-3-20-13(19)11-8-14-4-5-17(11)12(18)10-7-15-9(2)6-16-10/h6-7,11,14H,3-5,8H2,1-2H3. The molecule has 0 aromatic carbocycles. The fraction of sp³-hybridized carbons (Fsp3) is 0.538. The number of nitrogens with one attached hydrogen (secondary N) is 1. The number of amides is 1. The van der Waals surface area contributed by atoms with E-state index in [0.717, 1.165) is 5.69 Å². The second kappa shape index (κ2) is 6.42. The van der Waals surface area contributed by atoms with Crippen molar-refractivity contribution in [3.8, 4) is 0 Å². The number of carbonyl (C=O) groups is 2. The molecule has 0 spiro atoms. The van der Waals surface area contributed by atoms with Gasteiger partial charge < -0.3 is 15.0 Å². The molecule has 1 saturated heterocycles. The van der Waals surface area contributed by atoms with Crippen LogP contribution >= 0.6 is 0 Å². The smallest absolute Gasteiger partial charge is 0.330 e. The molecule has 1 N–H and O–H groups in total.